The summed E-state index contributed by atoms with van der Waals surface area (Å²) in [5, 5.41) is 3.17. The third-order valence-electron chi connectivity index (χ3n) is 23.5. The van der Waals surface area contributed by atoms with E-state index >= 15 is 14.4 Å². The number of unbranched alkanes of at least 4 members (excludes halogenated alkanes) is 18. The second-order valence-corrected chi connectivity index (χ2v) is 49.2. The van der Waals surface area contributed by atoms with Gasteiger partial charge in [-0.05, 0) is 133 Å². The van der Waals surface area contributed by atoms with E-state index in [1.165, 1.54) is 162 Å². The quantitative estimate of drug-likeness (QED) is 0.0217. The molecule has 12 rings (SSSR count). The first-order chi connectivity index (χ1) is 50.0. The van der Waals surface area contributed by atoms with Crippen LogP contribution in [0.25, 0.3) is 39.0 Å². The highest BCUT2D eigenvalue weighted by atomic mass is 32.3. The first-order valence-electron chi connectivity index (χ1n) is 40.7. The zero-order valence-corrected chi connectivity index (χ0v) is 74.1. The van der Waals surface area contributed by atoms with Gasteiger partial charge in [0.2, 0.25) is 0 Å². The van der Waals surface area contributed by atoms with Crippen molar-refractivity contribution in [3.63, 3.8) is 0 Å². The van der Waals surface area contributed by atoms with Gasteiger partial charge in [0.05, 0.1) is 46.0 Å². The van der Waals surface area contributed by atoms with Gasteiger partial charge in [-0.2, -0.15) is 0 Å². The molecule has 4 amide bonds. The molecule has 0 aromatic carbocycles. The molecule has 8 aromatic heterocycles. The smallest absolute Gasteiger partial charge is 0.263 e. The molecule has 8 aromatic rings. The number of carbonyl (C=O) groups is 4. The van der Waals surface area contributed by atoms with Gasteiger partial charge in [-0.1, -0.05) is 245 Å². The number of imide groups is 2. The molecule has 6 nitrogen and oxygen atoms in total. The first kappa shape index (κ1) is 80.0. The van der Waals surface area contributed by atoms with E-state index in [0.717, 1.165) is 118 Å². The largest absolute Gasteiger partial charge is 0.274 e. The van der Waals surface area contributed by atoms with Crippen LogP contribution in [0.4, 0.5) is 0 Å². The number of hydrogen-bond donors (Lipinski definition) is 0. The van der Waals surface area contributed by atoms with Crippen LogP contribution in [0.5, 0.6) is 0 Å². The van der Waals surface area contributed by atoms with E-state index in [4.69, 9.17) is 0 Å². The van der Waals surface area contributed by atoms with E-state index in [9.17, 15) is 4.79 Å². The lowest BCUT2D eigenvalue weighted by molar-refractivity contribution is 0.0635. The van der Waals surface area contributed by atoms with Gasteiger partial charge in [0.1, 0.15) is 0 Å². The lowest BCUT2D eigenvalue weighted by Gasteiger charge is -2.39. The summed E-state index contributed by atoms with van der Waals surface area (Å²) < 4.78 is 3.07. The Balaban J connectivity index is 1.04. The van der Waals surface area contributed by atoms with Gasteiger partial charge in [-0.15, -0.1) is 101 Å². The van der Waals surface area contributed by atoms with Gasteiger partial charge in [0, 0.05) is 81.6 Å². The average Bonchev–Trinajstić information content (AvgIpc) is 1.52. The number of nitrogens with zero attached hydrogens (tertiary/aromatic N) is 2. The maximum atomic E-state index is 16.0. The fraction of sp³-hybridized carbons (Fsp3) is 0.591. The summed E-state index contributed by atoms with van der Waals surface area (Å²) in [4.78, 5) is 85.5. The highest BCUT2D eigenvalue weighted by Gasteiger charge is 2.54. The van der Waals surface area contributed by atoms with Crippen molar-refractivity contribution in [3.8, 4) is 39.0 Å². The average molecular weight is 1590 g/mol. The first-order valence-corrected chi connectivity index (χ1v) is 51.2. The van der Waals surface area contributed by atoms with Crippen LogP contribution in [-0.2, 0) is 29.1 Å². The van der Waals surface area contributed by atoms with Crippen molar-refractivity contribution in [2.45, 2.75) is 326 Å². The molecule has 3 atom stereocenters. The summed E-state index contributed by atoms with van der Waals surface area (Å²) >= 11 is 15.4. The van der Waals surface area contributed by atoms with Crippen LogP contribution < -0.4 is 14.9 Å². The molecule has 0 aliphatic carbocycles. The number of amides is 4. The van der Waals surface area contributed by atoms with Crippen LogP contribution in [0.15, 0.2) is 62.5 Å². The summed E-state index contributed by atoms with van der Waals surface area (Å²) in [5.41, 5.74) is 1.56. The van der Waals surface area contributed by atoms with Crippen molar-refractivity contribution in [2.24, 2.45) is 5.92 Å². The third kappa shape index (κ3) is 15.0. The number of thiophene rings is 8. The molecule has 16 heteroatoms. The molecule has 12 heterocycles. The van der Waals surface area contributed by atoms with Gasteiger partial charge < -0.3 is 0 Å². The van der Waals surface area contributed by atoms with Gasteiger partial charge in [0.25, 0.3) is 23.6 Å². The van der Waals surface area contributed by atoms with Crippen molar-refractivity contribution < 1.29 is 19.2 Å². The molecular formula is C88H120N2O4S9Si. The summed E-state index contributed by atoms with van der Waals surface area (Å²) in [6.45, 7) is 35.6. The van der Waals surface area contributed by atoms with E-state index in [2.05, 4.69) is 175 Å². The van der Waals surface area contributed by atoms with Crippen molar-refractivity contribution in [3.05, 3.63) is 100 Å². The predicted octanol–water partition coefficient (Wildman–Crippen LogP) is 27.7. The molecule has 0 N–H and O–H groups in total. The molecule has 564 valence electrons. The molecule has 0 saturated carbocycles. The second-order valence-electron chi connectivity index (χ2n) is 32.9. The summed E-state index contributed by atoms with van der Waals surface area (Å²) in [5.74, 6) is 1.07. The number of rotatable bonds is 41. The highest BCUT2D eigenvalue weighted by Crippen LogP contribution is 2.81. The van der Waals surface area contributed by atoms with E-state index < -0.39 is 23.5 Å². The number of aryl methyl sites for hydroxylation is 2. The Morgan fingerprint density at radius 3 is 1.47 bits per heavy atom. The maximum Gasteiger partial charge on any atom is 0.263 e. The molecule has 0 radical (unpaired) electrons. The molecule has 4 aliphatic heterocycles. The minimum atomic E-state index is -2.60. The predicted molar refractivity (Wildman–Crippen MR) is 463 cm³/mol. The van der Waals surface area contributed by atoms with Gasteiger partial charge >= 0.3 is 0 Å². The van der Waals surface area contributed by atoms with E-state index in [-0.39, 0.29) is 34.5 Å². The van der Waals surface area contributed by atoms with E-state index in [1.807, 2.05) is 45.3 Å². The van der Waals surface area contributed by atoms with Crippen molar-refractivity contribution >= 4 is 147 Å². The van der Waals surface area contributed by atoms with Crippen LogP contribution in [0, 0.1) is 5.92 Å². The Bertz CT molecular complexity index is 4350. The lowest BCUT2D eigenvalue weighted by Crippen LogP contribution is -2.63. The number of fused-ring (bicyclic) bond motifs is 8. The van der Waals surface area contributed by atoms with Crippen molar-refractivity contribution in [1.29, 1.82) is 0 Å². The molecular weight excluding hydrogens is 1470 g/mol. The Hall–Kier alpha value is -3.55. The monoisotopic (exact) mass is 1580 g/mol. The molecule has 4 aliphatic rings. The van der Waals surface area contributed by atoms with Gasteiger partial charge in [0.15, 0.2) is 8.07 Å². The minimum absolute atomic E-state index is 0.0423. The van der Waals surface area contributed by atoms with Crippen LogP contribution in [0.3, 0.4) is 0 Å². The molecule has 0 spiro atoms. The third-order valence-corrected chi connectivity index (χ3v) is 46.2. The minimum Gasteiger partial charge on any atom is -0.274 e. The molecule has 0 bridgehead atoms. The Morgan fingerprint density at radius 2 is 0.894 bits per heavy atom. The zero-order chi connectivity index (χ0) is 74.0. The Kier molecular flexibility index (Phi) is 26.1. The highest BCUT2D eigenvalue weighted by molar-refractivity contribution is 8.35. The standard InChI is InChI=1S/C88H120N2O4S9Si/c1-16-24-30-33-36-39-49-89-82(91)70-72(84(89)93)80(86(9,10)11)101-74(70)60-52-62-76(97-60)77-63(103(62,56-57(22-7)42-27-19-4)68-47-45-58(95-68)43-28-20-5)54-67(100-77)88(14,15)81-73-71(83(92)90(85(73)94)50-40-37-34-31-25-17-2)75(102-81)61-53-64-78(98-61)79-65(55-66(99-79)87(12,13)23-8)104(64,51-41-38-35-32-26-18-3)69-48-46-59(96-69)44-29-21-6/h45-48,52-55,57H,16-44,49-51,56H2,1-15H3. The molecule has 0 fully saturated rings. The SMILES string of the molecule is CCCCCCCCN1C(=O)c2c(-c3cc4c(s3)-c3sc(C(C)(C)c5sc(-c6cc7c(s6)-c6sc(C(C)(C)CC)cc6[Si]7(CCCCCCCC)c6ccc(CCCC)s6)c6c5C(=O)N(CCCCCCCC)C6=O)cc3S4(CC(CC)CCCC)c3ccc(CCCC)s3)sc(C(C)(C)C)c2C1=O. The van der Waals surface area contributed by atoms with Crippen molar-refractivity contribution in [2.75, 3.05) is 18.8 Å². The van der Waals surface area contributed by atoms with E-state index in [1.54, 1.807) is 47.3 Å². The number of hydrogen-bond acceptors (Lipinski definition) is 12. The normalized spacial score (nSPS) is 18.0. The van der Waals surface area contributed by atoms with Crippen LogP contribution in [0.1, 0.15) is 348 Å². The summed E-state index contributed by atoms with van der Waals surface area (Å²) in [6, 6.07) is 21.6. The molecule has 104 heavy (non-hydrogen) atoms. The Morgan fingerprint density at radius 1 is 0.423 bits per heavy atom. The van der Waals surface area contributed by atoms with Crippen LogP contribution >= 0.6 is 101 Å². The van der Waals surface area contributed by atoms with Crippen molar-refractivity contribution in [1.82, 2.24) is 9.80 Å². The fourth-order valence-electron chi connectivity index (χ4n) is 16.7. The fourth-order valence-corrected chi connectivity index (χ4v) is 41.5. The Labute approximate surface area is 660 Å². The molecule has 3 unspecified atom stereocenters. The lowest BCUT2D eigenvalue weighted by atomic mass is 9.86. The summed E-state index contributed by atoms with van der Waals surface area (Å²) in [7, 11) is -4.52. The second kappa shape index (κ2) is 34.0. The van der Waals surface area contributed by atoms with Crippen LogP contribution in [0.2, 0.25) is 6.04 Å². The number of carbonyl (C=O) groups excluding carboxylic acids is 4. The van der Waals surface area contributed by atoms with Crippen LogP contribution in [-0.4, -0.2) is 60.3 Å². The summed E-state index contributed by atoms with van der Waals surface area (Å²) in [6.07, 6.45) is 33.1. The zero-order valence-electron chi connectivity index (χ0n) is 65.7. The topological polar surface area (TPSA) is 74.8 Å². The van der Waals surface area contributed by atoms with E-state index in [0.29, 0.717) is 41.3 Å². The molecule has 0 saturated heterocycles. The van der Waals surface area contributed by atoms with Gasteiger partial charge in [-0.25, -0.2) is 0 Å². The maximum absolute atomic E-state index is 16.0. The van der Waals surface area contributed by atoms with Gasteiger partial charge in [-0.3, -0.25) is 29.0 Å².